The second kappa shape index (κ2) is 7.38. The Labute approximate surface area is 119 Å². The van der Waals surface area contributed by atoms with Gasteiger partial charge in [0.2, 0.25) is 0 Å². The summed E-state index contributed by atoms with van der Waals surface area (Å²) in [6, 6.07) is 7.56. The summed E-state index contributed by atoms with van der Waals surface area (Å²) >= 11 is 0. The first-order valence-electron chi connectivity index (χ1n) is 7.16. The molecule has 1 heterocycles. The number of carbonyl (C=O) groups is 1. The molecule has 1 amide bonds. The number of hydrogen-bond acceptors (Lipinski definition) is 4. The monoisotopic (exact) mass is 277 g/mol. The van der Waals surface area contributed by atoms with E-state index in [-0.39, 0.29) is 12.5 Å². The molecule has 0 radical (unpaired) electrons. The molecular formula is C15H23N3O2. The van der Waals surface area contributed by atoms with Crippen molar-refractivity contribution in [2.75, 3.05) is 19.7 Å². The van der Waals surface area contributed by atoms with Gasteiger partial charge in [-0.05, 0) is 43.4 Å². The molecule has 4 N–H and O–H groups in total. The summed E-state index contributed by atoms with van der Waals surface area (Å²) in [6.07, 6.45) is 3.19. The Balaban J connectivity index is 2.04. The molecule has 20 heavy (non-hydrogen) atoms. The Hall–Kier alpha value is -1.43. The van der Waals surface area contributed by atoms with Crippen LogP contribution < -0.4 is 11.3 Å². The zero-order valence-electron chi connectivity index (χ0n) is 11.7. The fraction of sp³-hybridized carbons (Fsp3) is 0.533. The van der Waals surface area contributed by atoms with Crippen LogP contribution in [0.1, 0.15) is 35.2 Å². The first-order chi connectivity index (χ1) is 9.74. The molecule has 1 fully saturated rings. The fourth-order valence-corrected chi connectivity index (χ4v) is 2.91. The SMILES string of the molecule is NNC(=O)c1ccccc1CN1CCCC(CCO)C1. The van der Waals surface area contributed by atoms with Crippen LogP contribution >= 0.6 is 0 Å². The van der Waals surface area contributed by atoms with Gasteiger partial charge in [0.05, 0.1) is 0 Å². The summed E-state index contributed by atoms with van der Waals surface area (Å²) < 4.78 is 0. The average molecular weight is 277 g/mol. The summed E-state index contributed by atoms with van der Waals surface area (Å²) in [4.78, 5) is 14.1. The maximum absolute atomic E-state index is 11.8. The molecule has 1 aromatic rings. The number of hydrogen-bond donors (Lipinski definition) is 3. The lowest BCUT2D eigenvalue weighted by Gasteiger charge is -2.32. The molecule has 5 heteroatoms. The Bertz CT molecular complexity index is 448. The van der Waals surface area contributed by atoms with Gasteiger partial charge in [-0.15, -0.1) is 0 Å². The van der Waals surface area contributed by atoms with E-state index in [4.69, 9.17) is 10.9 Å². The number of likely N-dealkylation sites (tertiary alicyclic amines) is 1. The van der Waals surface area contributed by atoms with Crippen LogP contribution in [0.3, 0.4) is 0 Å². The minimum atomic E-state index is -0.246. The van der Waals surface area contributed by atoms with Gasteiger partial charge in [-0.2, -0.15) is 0 Å². The highest BCUT2D eigenvalue weighted by molar-refractivity contribution is 5.95. The molecule has 0 spiro atoms. The fourth-order valence-electron chi connectivity index (χ4n) is 2.91. The van der Waals surface area contributed by atoms with Crippen LogP contribution in [0.5, 0.6) is 0 Å². The van der Waals surface area contributed by atoms with E-state index in [0.29, 0.717) is 11.5 Å². The van der Waals surface area contributed by atoms with Crippen molar-refractivity contribution in [3.8, 4) is 0 Å². The first-order valence-corrected chi connectivity index (χ1v) is 7.16. The maximum Gasteiger partial charge on any atom is 0.265 e. The van der Waals surface area contributed by atoms with Crippen molar-refractivity contribution in [2.24, 2.45) is 11.8 Å². The van der Waals surface area contributed by atoms with Crippen LogP contribution in [0.2, 0.25) is 0 Å². The summed E-state index contributed by atoms with van der Waals surface area (Å²) in [5.41, 5.74) is 3.84. The van der Waals surface area contributed by atoms with Gasteiger partial charge >= 0.3 is 0 Å². The van der Waals surface area contributed by atoms with Crippen molar-refractivity contribution in [1.82, 2.24) is 10.3 Å². The van der Waals surface area contributed by atoms with Crippen molar-refractivity contribution in [3.63, 3.8) is 0 Å². The van der Waals surface area contributed by atoms with E-state index in [1.54, 1.807) is 6.07 Å². The molecule has 0 aromatic heterocycles. The largest absolute Gasteiger partial charge is 0.396 e. The third-order valence-electron chi connectivity index (χ3n) is 3.93. The van der Waals surface area contributed by atoms with Crippen molar-refractivity contribution in [3.05, 3.63) is 35.4 Å². The van der Waals surface area contributed by atoms with Gasteiger partial charge in [0.15, 0.2) is 0 Å². The Morgan fingerprint density at radius 3 is 3.00 bits per heavy atom. The minimum Gasteiger partial charge on any atom is -0.396 e. The van der Waals surface area contributed by atoms with Crippen LogP contribution in [0, 0.1) is 5.92 Å². The van der Waals surface area contributed by atoms with Crippen molar-refractivity contribution in [2.45, 2.75) is 25.8 Å². The van der Waals surface area contributed by atoms with E-state index >= 15 is 0 Å². The second-order valence-electron chi connectivity index (χ2n) is 5.39. The van der Waals surface area contributed by atoms with E-state index in [1.165, 1.54) is 6.42 Å². The van der Waals surface area contributed by atoms with E-state index in [1.807, 2.05) is 18.2 Å². The molecule has 0 aliphatic carbocycles. The zero-order chi connectivity index (χ0) is 14.4. The highest BCUT2D eigenvalue weighted by Crippen LogP contribution is 2.22. The average Bonchev–Trinajstić information content (AvgIpc) is 2.48. The predicted octanol–water partition coefficient (Wildman–Crippen LogP) is 0.884. The number of aliphatic hydroxyl groups excluding tert-OH is 1. The zero-order valence-corrected chi connectivity index (χ0v) is 11.7. The smallest absolute Gasteiger partial charge is 0.265 e. The standard InChI is InChI=1S/C15H23N3O2/c16-17-15(20)14-6-2-1-5-13(14)11-18-8-3-4-12(10-18)7-9-19/h1-2,5-6,12,19H,3-4,7-11,16H2,(H,17,20). The first kappa shape index (κ1) is 15.0. The van der Waals surface area contributed by atoms with Gasteiger partial charge in [-0.1, -0.05) is 18.2 Å². The quantitative estimate of drug-likeness (QED) is 0.424. The van der Waals surface area contributed by atoms with E-state index < -0.39 is 0 Å². The number of aliphatic hydroxyl groups is 1. The highest BCUT2D eigenvalue weighted by atomic mass is 16.3. The molecule has 1 aromatic carbocycles. The number of amides is 1. The number of nitrogen functional groups attached to an aromatic ring is 1. The minimum absolute atomic E-state index is 0.246. The van der Waals surface area contributed by atoms with Crippen LogP contribution in [-0.4, -0.2) is 35.6 Å². The second-order valence-corrected chi connectivity index (χ2v) is 5.39. The molecule has 1 saturated heterocycles. The number of nitrogens with zero attached hydrogens (tertiary/aromatic N) is 1. The Morgan fingerprint density at radius 2 is 2.25 bits per heavy atom. The van der Waals surface area contributed by atoms with Gasteiger partial charge in [0, 0.05) is 25.3 Å². The van der Waals surface area contributed by atoms with Crippen LogP contribution in [0.15, 0.2) is 24.3 Å². The Morgan fingerprint density at radius 1 is 1.45 bits per heavy atom. The van der Waals surface area contributed by atoms with Crippen molar-refractivity contribution >= 4 is 5.91 Å². The number of rotatable bonds is 5. The topological polar surface area (TPSA) is 78.6 Å². The van der Waals surface area contributed by atoms with Gasteiger partial charge in [-0.3, -0.25) is 15.1 Å². The van der Waals surface area contributed by atoms with Crippen LogP contribution in [-0.2, 0) is 6.54 Å². The van der Waals surface area contributed by atoms with Crippen molar-refractivity contribution < 1.29 is 9.90 Å². The lowest BCUT2D eigenvalue weighted by atomic mass is 9.94. The Kier molecular flexibility index (Phi) is 5.52. The third kappa shape index (κ3) is 3.79. The molecular weight excluding hydrogens is 254 g/mol. The number of carbonyl (C=O) groups excluding carboxylic acids is 1. The normalized spacial score (nSPS) is 19.8. The lowest BCUT2D eigenvalue weighted by Crippen LogP contribution is -2.36. The van der Waals surface area contributed by atoms with Gasteiger partial charge < -0.3 is 5.11 Å². The molecule has 5 nitrogen and oxygen atoms in total. The van der Waals surface area contributed by atoms with E-state index in [9.17, 15) is 4.79 Å². The van der Waals surface area contributed by atoms with Gasteiger partial charge in [-0.25, -0.2) is 5.84 Å². The summed E-state index contributed by atoms with van der Waals surface area (Å²) in [6.45, 7) is 3.04. The van der Waals surface area contributed by atoms with E-state index in [2.05, 4.69) is 10.3 Å². The highest BCUT2D eigenvalue weighted by Gasteiger charge is 2.21. The summed E-state index contributed by atoms with van der Waals surface area (Å²) in [5, 5.41) is 9.06. The van der Waals surface area contributed by atoms with E-state index in [0.717, 1.165) is 38.0 Å². The number of nitrogens with one attached hydrogen (secondary N) is 1. The van der Waals surface area contributed by atoms with Gasteiger partial charge in [0.1, 0.15) is 0 Å². The van der Waals surface area contributed by atoms with Crippen molar-refractivity contribution in [1.29, 1.82) is 0 Å². The molecule has 0 saturated carbocycles. The molecule has 1 aliphatic rings. The van der Waals surface area contributed by atoms with Crippen LogP contribution in [0.25, 0.3) is 0 Å². The molecule has 0 bridgehead atoms. The maximum atomic E-state index is 11.8. The van der Waals surface area contributed by atoms with Crippen LogP contribution in [0.4, 0.5) is 0 Å². The summed E-state index contributed by atoms with van der Waals surface area (Å²) in [5.74, 6) is 5.54. The predicted molar refractivity (Wildman–Crippen MR) is 77.8 cm³/mol. The molecule has 2 rings (SSSR count). The van der Waals surface area contributed by atoms with Gasteiger partial charge in [0.25, 0.3) is 5.91 Å². The summed E-state index contributed by atoms with van der Waals surface area (Å²) in [7, 11) is 0. The molecule has 110 valence electrons. The lowest BCUT2D eigenvalue weighted by molar-refractivity contribution is 0.0950. The molecule has 1 aliphatic heterocycles. The number of hydrazine groups is 1. The number of piperidine rings is 1. The number of nitrogens with two attached hydrogens (primary N) is 1. The molecule has 1 atom stereocenters. The number of benzene rings is 1. The third-order valence-corrected chi connectivity index (χ3v) is 3.93. The molecule has 1 unspecified atom stereocenters.